The molecule has 0 aliphatic carbocycles. The average molecular weight is 235 g/mol. The molecule has 2 aromatic rings. The molecule has 0 fully saturated rings. The normalized spacial score (nSPS) is 10.3. The number of hydrogen-bond donors (Lipinski definition) is 1. The van der Waals surface area contributed by atoms with E-state index in [1.165, 1.54) is 4.57 Å². The van der Waals surface area contributed by atoms with Gasteiger partial charge in [-0.25, -0.2) is 4.79 Å². The Balaban J connectivity index is 2.99. The number of carboxylic acids is 1. The Bertz CT molecular complexity index is 637. The molecule has 0 aliphatic rings. The number of carboxylic acid groups (broad SMARTS) is 1. The molecule has 0 radical (unpaired) electrons. The molecule has 0 saturated carbocycles. The molecule has 1 aromatic carbocycles. The molecule has 0 spiro atoms. The van der Waals surface area contributed by atoms with Gasteiger partial charge in [0.1, 0.15) is 0 Å². The maximum Gasteiger partial charge on any atom is 0.338 e. The highest BCUT2D eigenvalue weighted by molar-refractivity contribution is 6.31. The molecule has 0 unspecified atom stereocenters. The molecular formula is C11H7ClN2O2. The Morgan fingerprint density at radius 2 is 2.25 bits per heavy atom. The van der Waals surface area contributed by atoms with E-state index in [2.05, 4.69) is 0 Å². The number of rotatable bonds is 1. The molecule has 4 nitrogen and oxygen atoms in total. The van der Waals surface area contributed by atoms with Crippen LogP contribution in [-0.2, 0) is 0 Å². The van der Waals surface area contributed by atoms with Crippen molar-refractivity contribution < 1.29 is 9.90 Å². The van der Waals surface area contributed by atoms with E-state index in [0.29, 0.717) is 21.6 Å². The summed E-state index contributed by atoms with van der Waals surface area (Å²) in [5.41, 5.74) is 1.07. The van der Waals surface area contributed by atoms with E-state index in [1.807, 2.05) is 6.19 Å². The second kappa shape index (κ2) is 3.54. The first-order valence-corrected chi connectivity index (χ1v) is 4.88. The summed E-state index contributed by atoms with van der Waals surface area (Å²) >= 11 is 5.82. The van der Waals surface area contributed by atoms with Crippen molar-refractivity contribution in [2.24, 2.45) is 0 Å². The van der Waals surface area contributed by atoms with Gasteiger partial charge in [0, 0.05) is 16.1 Å². The van der Waals surface area contributed by atoms with Gasteiger partial charge in [-0.2, -0.15) is 5.26 Å². The molecule has 0 aliphatic heterocycles. The summed E-state index contributed by atoms with van der Waals surface area (Å²) in [5.74, 6) is -1.04. The third-order valence-electron chi connectivity index (χ3n) is 2.48. The lowest BCUT2D eigenvalue weighted by molar-refractivity contribution is 0.0698. The largest absolute Gasteiger partial charge is 0.478 e. The Kier molecular flexibility index (Phi) is 2.33. The fourth-order valence-corrected chi connectivity index (χ4v) is 1.95. The molecule has 2 rings (SSSR count). The quantitative estimate of drug-likeness (QED) is 0.825. The number of fused-ring (bicyclic) bond motifs is 1. The summed E-state index contributed by atoms with van der Waals surface area (Å²) in [4.78, 5) is 11.1. The van der Waals surface area contributed by atoms with Gasteiger partial charge in [-0.3, -0.25) is 4.57 Å². The second-order valence-electron chi connectivity index (χ2n) is 3.36. The number of hydrogen-bond acceptors (Lipinski definition) is 2. The standard InChI is InChI=1S/C11H7ClN2O2/c1-6-10(11(15)16)8-3-2-7(12)4-9(8)14(6)5-13/h2-4H,1H3,(H,15,16). The van der Waals surface area contributed by atoms with Gasteiger partial charge in [-0.1, -0.05) is 17.7 Å². The van der Waals surface area contributed by atoms with Crippen LogP contribution in [0.15, 0.2) is 18.2 Å². The molecule has 1 heterocycles. The molecule has 0 bridgehead atoms. The van der Waals surface area contributed by atoms with Crippen LogP contribution in [0.2, 0.25) is 5.02 Å². The predicted octanol–water partition coefficient (Wildman–Crippen LogP) is 2.63. The second-order valence-corrected chi connectivity index (χ2v) is 3.80. The van der Waals surface area contributed by atoms with E-state index in [4.69, 9.17) is 22.0 Å². The molecule has 80 valence electrons. The van der Waals surface area contributed by atoms with Crippen molar-refractivity contribution in [1.29, 1.82) is 5.26 Å². The lowest BCUT2D eigenvalue weighted by atomic mass is 10.1. The minimum Gasteiger partial charge on any atom is -0.478 e. The van der Waals surface area contributed by atoms with Crippen LogP contribution in [0.25, 0.3) is 10.9 Å². The van der Waals surface area contributed by atoms with E-state index in [-0.39, 0.29) is 5.56 Å². The summed E-state index contributed by atoms with van der Waals surface area (Å²) in [5, 5.41) is 19.1. The van der Waals surface area contributed by atoms with Gasteiger partial charge in [0.05, 0.1) is 11.1 Å². The van der Waals surface area contributed by atoms with E-state index in [1.54, 1.807) is 25.1 Å². The molecular weight excluding hydrogens is 228 g/mol. The third kappa shape index (κ3) is 1.34. The topological polar surface area (TPSA) is 66.0 Å². The number of halogens is 1. The van der Waals surface area contributed by atoms with Crippen molar-refractivity contribution in [1.82, 2.24) is 4.57 Å². The van der Waals surface area contributed by atoms with E-state index < -0.39 is 5.97 Å². The van der Waals surface area contributed by atoms with Crippen LogP contribution in [0.1, 0.15) is 16.1 Å². The highest BCUT2D eigenvalue weighted by Crippen LogP contribution is 2.27. The third-order valence-corrected chi connectivity index (χ3v) is 2.72. The Hall–Kier alpha value is -1.99. The lowest BCUT2D eigenvalue weighted by Crippen LogP contribution is -1.99. The first-order chi connectivity index (χ1) is 7.56. The highest BCUT2D eigenvalue weighted by Gasteiger charge is 2.19. The lowest BCUT2D eigenvalue weighted by Gasteiger charge is -1.94. The number of aromatic nitrogens is 1. The monoisotopic (exact) mass is 234 g/mol. The number of nitrogens with zero attached hydrogens (tertiary/aromatic N) is 2. The molecule has 5 heteroatoms. The molecule has 0 saturated heterocycles. The van der Waals surface area contributed by atoms with Gasteiger partial charge in [-0.15, -0.1) is 0 Å². The van der Waals surface area contributed by atoms with Gasteiger partial charge in [0.25, 0.3) is 0 Å². The summed E-state index contributed by atoms with van der Waals surface area (Å²) in [7, 11) is 0. The van der Waals surface area contributed by atoms with Gasteiger partial charge >= 0.3 is 5.97 Å². The predicted molar refractivity (Wildman–Crippen MR) is 59.7 cm³/mol. The first kappa shape index (κ1) is 10.5. The molecule has 16 heavy (non-hydrogen) atoms. The van der Waals surface area contributed by atoms with Crippen LogP contribution >= 0.6 is 11.6 Å². The number of benzene rings is 1. The number of aromatic carboxylic acids is 1. The van der Waals surface area contributed by atoms with Crippen molar-refractivity contribution in [3.8, 4) is 6.19 Å². The number of carbonyl (C=O) groups is 1. The van der Waals surface area contributed by atoms with Crippen LogP contribution in [-0.4, -0.2) is 15.6 Å². The van der Waals surface area contributed by atoms with Gasteiger partial charge in [-0.05, 0) is 19.1 Å². The summed E-state index contributed by atoms with van der Waals surface area (Å²) in [6, 6.07) is 4.80. The zero-order valence-corrected chi connectivity index (χ0v) is 9.12. The van der Waals surface area contributed by atoms with Crippen LogP contribution in [0.4, 0.5) is 0 Å². The molecule has 1 N–H and O–H groups in total. The van der Waals surface area contributed by atoms with E-state index in [9.17, 15) is 4.79 Å². The van der Waals surface area contributed by atoms with Crippen LogP contribution in [0.3, 0.4) is 0 Å². The van der Waals surface area contributed by atoms with Crippen LogP contribution in [0.5, 0.6) is 0 Å². The van der Waals surface area contributed by atoms with E-state index >= 15 is 0 Å². The smallest absolute Gasteiger partial charge is 0.338 e. The Morgan fingerprint density at radius 3 is 2.81 bits per heavy atom. The van der Waals surface area contributed by atoms with Gasteiger partial charge in [0.2, 0.25) is 0 Å². The zero-order chi connectivity index (χ0) is 11.9. The molecule has 0 atom stereocenters. The van der Waals surface area contributed by atoms with Crippen molar-refractivity contribution in [3.05, 3.63) is 34.5 Å². The molecule has 1 aromatic heterocycles. The van der Waals surface area contributed by atoms with Crippen molar-refractivity contribution in [2.45, 2.75) is 6.92 Å². The first-order valence-electron chi connectivity index (χ1n) is 4.50. The SMILES string of the molecule is Cc1c(C(=O)O)c2ccc(Cl)cc2n1C#N. The summed E-state index contributed by atoms with van der Waals surface area (Å²) in [6.07, 6.45) is 1.94. The number of nitriles is 1. The maximum atomic E-state index is 11.1. The maximum absolute atomic E-state index is 11.1. The average Bonchev–Trinajstić information content (AvgIpc) is 2.49. The van der Waals surface area contributed by atoms with Crippen molar-refractivity contribution >= 4 is 28.5 Å². The van der Waals surface area contributed by atoms with Gasteiger partial charge < -0.3 is 5.11 Å². The Morgan fingerprint density at radius 1 is 1.56 bits per heavy atom. The van der Waals surface area contributed by atoms with Crippen molar-refractivity contribution in [2.75, 3.05) is 0 Å². The zero-order valence-electron chi connectivity index (χ0n) is 8.36. The van der Waals surface area contributed by atoms with E-state index in [0.717, 1.165) is 0 Å². The van der Waals surface area contributed by atoms with Crippen LogP contribution < -0.4 is 0 Å². The van der Waals surface area contributed by atoms with Crippen molar-refractivity contribution in [3.63, 3.8) is 0 Å². The fourth-order valence-electron chi connectivity index (χ4n) is 1.79. The minimum atomic E-state index is -1.04. The van der Waals surface area contributed by atoms with Crippen LogP contribution in [0, 0.1) is 18.4 Å². The van der Waals surface area contributed by atoms with Gasteiger partial charge in [0.15, 0.2) is 6.19 Å². The fraction of sp³-hybridized carbons (Fsp3) is 0.0909. The highest BCUT2D eigenvalue weighted by atomic mass is 35.5. The summed E-state index contributed by atoms with van der Waals surface area (Å²) < 4.78 is 1.27. The minimum absolute atomic E-state index is 0.146. The Labute approximate surface area is 96.3 Å². The molecule has 0 amide bonds. The summed E-state index contributed by atoms with van der Waals surface area (Å²) in [6.45, 7) is 1.60.